The van der Waals surface area contributed by atoms with E-state index in [0.717, 1.165) is 0 Å². The van der Waals surface area contributed by atoms with Gasteiger partial charge in [-0.05, 0) is 0 Å². The molecule has 22 heavy (non-hydrogen) atoms. The predicted octanol–water partition coefficient (Wildman–Crippen LogP) is 3.37. The molecule has 0 nitrogen and oxygen atoms in total. The Labute approximate surface area is 150 Å². The van der Waals surface area contributed by atoms with Crippen molar-refractivity contribution >= 4 is 0 Å². The number of allylic oxidation sites excluding steroid dienone is 8. The van der Waals surface area contributed by atoms with E-state index in [4.69, 9.17) is 0 Å². The number of hydrogen-bond acceptors (Lipinski definition) is 0. The van der Waals surface area contributed by atoms with Crippen molar-refractivity contribution in [2.75, 3.05) is 0 Å². The van der Waals surface area contributed by atoms with Crippen molar-refractivity contribution in [1.29, 1.82) is 0 Å². The standard InChI is InChI=1S/2C10H15.ClH.V/c2*1-7-6-10(4,5)9(3)8(7)2;;/h2*1-5H3;1H;/q;;;+1/p-1. The molecular weight excluding hydrogens is 327 g/mol. The van der Waals surface area contributed by atoms with Gasteiger partial charge in [0, 0.05) is 0 Å². The molecule has 0 saturated heterocycles. The number of rotatable bonds is 2. The van der Waals surface area contributed by atoms with Crippen LogP contribution in [0.3, 0.4) is 0 Å². The summed E-state index contributed by atoms with van der Waals surface area (Å²) in [6.07, 6.45) is 0. The summed E-state index contributed by atoms with van der Waals surface area (Å²) in [5.74, 6) is 0. The molecule has 0 bridgehead atoms. The zero-order valence-corrected chi connectivity index (χ0v) is 18.0. The smallest absolute Gasteiger partial charge is 1.00 e. The normalized spacial score (nSPS) is 23.5. The van der Waals surface area contributed by atoms with Crippen molar-refractivity contribution in [2.24, 2.45) is 10.8 Å². The van der Waals surface area contributed by atoms with E-state index in [-0.39, 0.29) is 39.5 Å². The summed E-state index contributed by atoms with van der Waals surface area (Å²) in [5.41, 5.74) is 9.83. The minimum absolute atomic E-state index is 0. The number of halogens is 1. The van der Waals surface area contributed by atoms with Crippen LogP contribution in [0.25, 0.3) is 0 Å². The Kier molecular flexibility index (Phi) is 5.46. The third kappa shape index (κ3) is 2.62. The van der Waals surface area contributed by atoms with Gasteiger partial charge in [-0.2, -0.15) is 0 Å². The van der Waals surface area contributed by atoms with Crippen LogP contribution >= 0.6 is 0 Å². The van der Waals surface area contributed by atoms with Crippen LogP contribution < -0.4 is 12.4 Å². The van der Waals surface area contributed by atoms with Crippen LogP contribution in [0.15, 0.2) is 42.0 Å². The first-order valence-electron chi connectivity index (χ1n) is 7.95. The molecule has 0 aromatic rings. The molecule has 0 heterocycles. The second kappa shape index (κ2) is 6.04. The second-order valence-electron chi connectivity index (χ2n) is 7.81. The van der Waals surface area contributed by atoms with Crippen LogP contribution in [0.4, 0.5) is 0 Å². The van der Waals surface area contributed by atoms with Gasteiger partial charge in [-0.1, -0.05) is 0 Å². The molecule has 0 fully saturated rings. The van der Waals surface area contributed by atoms with Gasteiger partial charge >= 0.3 is 138 Å². The summed E-state index contributed by atoms with van der Waals surface area (Å²) >= 11 is 0.102. The van der Waals surface area contributed by atoms with E-state index in [1.54, 1.807) is 30.9 Å². The van der Waals surface area contributed by atoms with Gasteiger partial charge in [-0.25, -0.2) is 0 Å². The van der Waals surface area contributed by atoms with Crippen molar-refractivity contribution in [3.63, 3.8) is 0 Å². The zero-order valence-electron chi connectivity index (χ0n) is 15.8. The fourth-order valence-corrected chi connectivity index (χ4v) is 6.50. The average Bonchev–Trinajstić information content (AvgIpc) is 2.63. The molecule has 0 saturated carbocycles. The Morgan fingerprint density at radius 1 is 0.545 bits per heavy atom. The van der Waals surface area contributed by atoms with Crippen molar-refractivity contribution in [2.45, 2.75) is 69.2 Å². The Morgan fingerprint density at radius 3 is 1.00 bits per heavy atom. The Hall–Kier alpha value is -0.166. The summed E-state index contributed by atoms with van der Waals surface area (Å²) in [6.45, 7) is 23.6. The Morgan fingerprint density at radius 2 is 0.818 bits per heavy atom. The summed E-state index contributed by atoms with van der Waals surface area (Å²) in [4.78, 5) is 0. The summed E-state index contributed by atoms with van der Waals surface area (Å²) < 4.78 is 3.44. The fraction of sp³-hybridized carbons (Fsp3) is 0.600. The first kappa shape index (κ1) is 19.9. The minimum atomic E-state index is 0. The summed E-state index contributed by atoms with van der Waals surface area (Å²) in [5, 5.41) is 0. The third-order valence-electron chi connectivity index (χ3n) is 6.24. The van der Waals surface area contributed by atoms with Crippen LogP contribution in [0.1, 0.15) is 69.2 Å². The molecule has 0 aromatic heterocycles. The van der Waals surface area contributed by atoms with Gasteiger partial charge in [-0.15, -0.1) is 0 Å². The molecule has 0 radical (unpaired) electrons. The van der Waals surface area contributed by atoms with E-state index < -0.39 is 0 Å². The van der Waals surface area contributed by atoms with Gasteiger partial charge in [0.1, 0.15) is 0 Å². The van der Waals surface area contributed by atoms with Crippen LogP contribution in [-0.2, 0) is 16.3 Å². The molecular formula is C20H30ClV. The monoisotopic (exact) mass is 356 g/mol. The van der Waals surface area contributed by atoms with Gasteiger partial charge in [0.05, 0.1) is 0 Å². The van der Waals surface area contributed by atoms with Crippen LogP contribution in [0, 0.1) is 10.8 Å². The van der Waals surface area contributed by atoms with E-state index in [1.165, 1.54) is 11.1 Å². The molecule has 0 spiro atoms. The molecule has 0 unspecified atom stereocenters. The zero-order chi connectivity index (χ0) is 16.3. The SMILES string of the molecule is CC1=C(C)C(C)(C)[C]([V+][C]2=C(C)C(C)=C(C)C2(C)C)=C1C.[Cl-]. The topological polar surface area (TPSA) is 0 Å². The molecule has 2 aliphatic carbocycles. The molecule has 0 amide bonds. The van der Waals surface area contributed by atoms with Gasteiger partial charge < -0.3 is 12.4 Å². The van der Waals surface area contributed by atoms with Gasteiger partial charge in [0.2, 0.25) is 0 Å². The molecule has 0 N–H and O–H groups in total. The third-order valence-corrected chi connectivity index (χ3v) is 9.73. The van der Waals surface area contributed by atoms with Crippen LogP contribution in [-0.4, -0.2) is 0 Å². The van der Waals surface area contributed by atoms with Crippen LogP contribution in [0.5, 0.6) is 0 Å². The van der Waals surface area contributed by atoms with E-state index >= 15 is 0 Å². The molecule has 122 valence electrons. The fourth-order valence-electron chi connectivity index (χ4n) is 3.71. The molecule has 2 heteroatoms. The molecule has 2 aliphatic rings. The first-order chi connectivity index (χ1) is 9.44. The largest absolute Gasteiger partial charge is 1.00 e. The summed E-state index contributed by atoms with van der Waals surface area (Å²) in [6, 6.07) is 0. The minimum Gasteiger partial charge on any atom is -1.00 e. The molecule has 2 rings (SSSR count). The quantitative estimate of drug-likeness (QED) is 0.711. The number of hydrogen-bond donors (Lipinski definition) is 0. The maximum atomic E-state index is 2.41. The van der Waals surface area contributed by atoms with Crippen LogP contribution in [0.2, 0.25) is 0 Å². The summed E-state index contributed by atoms with van der Waals surface area (Å²) in [7, 11) is 0. The van der Waals surface area contributed by atoms with Crippen molar-refractivity contribution in [3.05, 3.63) is 42.0 Å². The molecule has 0 aromatic carbocycles. The Bertz CT molecular complexity index is 581. The first-order valence-corrected chi connectivity index (χ1v) is 9.34. The van der Waals surface area contributed by atoms with E-state index in [9.17, 15) is 0 Å². The second-order valence-corrected chi connectivity index (χ2v) is 9.55. The van der Waals surface area contributed by atoms with E-state index in [1.807, 2.05) is 0 Å². The van der Waals surface area contributed by atoms with Gasteiger partial charge in [0.25, 0.3) is 0 Å². The van der Waals surface area contributed by atoms with Crippen molar-refractivity contribution in [1.82, 2.24) is 0 Å². The van der Waals surface area contributed by atoms with Gasteiger partial charge in [-0.3, -0.25) is 0 Å². The predicted molar refractivity (Wildman–Crippen MR) is 89.7 cm³/mol. The van der Waals surface area contributed by atoms with E-state index in [0.29, 0.717) is 0 Å². The Balaban J connectivity index is 0.00000242. The maximum Gasteiger partial charge on any atom is -1.00 e. The van der Waals surface area contributed by atoms with Gasteiger partial charge in [0.15, 0.2) is 0 Å². The molecule has 0 atom stereocenters. The van der Waals surface area contributed by atoms with Crippen molar-refractivity contribution < 1.29 is 28.7 Å². The van der Waals surface area contributed by atoms with E-state index in [2.05, 4.69) is 69.2 Å². The van der Waals surface area contributed by atoms with Crippen molar-refractivity contribution in [3.8, 4) is 0 Å². The average molecular weight is 357 g/mol. The maximum absolute atomic E-state index is 2.41. The molecule has 0 aliphatic heterocycles.